The molecule has 0 radical (unpaired) electrons. The van der Waals surface area contributed by atoms with Crippen LogP contribution in [0.15, 0.2) is 40.3 Å². The normalized spacial score (nSPS) is 15.5. The molecule has 0 spiro atoms. The largest absolute Gasteiger partial charge is 0.407 e. The van der Waals surface area contributed by atoms with E-state index in [1.165, 1.54) is 11.3 Å². The molecule has 2 atom stereocenters. The number of rotatable bonds is 7. The highest BCUT2D eigenvalue weighted by Gasteiger charge is 2.43. The Bertz CT molecular complexity index is 863. The number of thiazole rings is 1. The first-order valence-electron chi connectivity index (χ1n) is 8.52. The molecule has 0 saturated carbocycles. The number of halogens is 1. The van der Waals surface area contributed by atoms with Crippen molar-refractivity contribution in [3.05, 3.63) is 50.9 Å². The molecule has 0 aliphatic heterocycles. The van der Waals surface area contributed by atoms with Gasteiger partial charge in [0.2, 0.25) is 0 Å². The zero-order chi connectivity index (χ0) is 20.5. The van der Waals surface area contributed by atoms with Crippen molar-refractivity contribution in [2.24, 2.45) is 0 Å². The molecule has 1 heterocycles. The molecule has 9 heteroatoms. The molecule has 5 nitrogen and oxygen atoms in total. The van der Waals surface area contributed by atoms with Crippen molar-refractivity contribution in [1.82, 2.24) is 4.98 Å². The summed E-state index contributed by atoms with van der Waals surface area (Å²) in [5, 5.41) is 2.32. The quantitative estimate of drug-likeness (QED) is 0.367. The summed E-state index contributed by atoms with van der Waals surface area (Å²) in [4.78, 5) is 4.41. The van der Waals surface area contributed by atoms with Crippen molar-refractivity contribution in [2.45, 2.75) is 51.1 Å². The van der Waals surface area contributed by atoms with Crippen molar-refractivity contribution in [3.63, 3.8) is 0 Å². The number of hydrogen-bond donors (Lipinski definition) is 0. The Hall–Kier alpha value is -0.583. The van der Waals surface area contributed by atoms with Crippen LogP contribution in [0, 0.1) is 0 Å². The predicted octanol–water partition coefficient (Wildman–Crippen LogP) is 5.69. The highest BCUT2D eigenvalue weighted by molar-refractivity contribution is 9.10. The predicted molar refractivity (Wildman–Crippen MR) is 116 cm³/mol. The maximum atomic E-state index is 12.0. The van der Waals surface area contributed by atoms with Gasteiger partial charge >= 0.3 is 0 Å². The Morgan fingerprint density at radius 2 is 1.74 bits per heavy atom. The average Bonchev–Trinajstić information content (AvgIpc) is 2.96. The molecule has 27 heavy (non-hydrogen) atoms. The molecular weight excluding hydrogens is 466 g/mol. The van der Waals surface area contributed by atoms with Gasteiger partial charge < -0.3 is 4.43 Å². The highest BCUT2D eigenvalue weighted by atomic mass is 79.9. The summed E-state index contributed by atoms with van der Waals surface area (Å²) in [5.74, 6) is 0. The van der Waals surface area contributed by atoms with Crippen molar-refractivity contribution < 1.29 is 17.0 Å². The van der Waals surface area contributed by atoms with Gasteiger partial charge in [0, 0.05) is 5.38 Å². The van der Waals surface area contributed by atoms with Crippen LogP contribution in [0.4, 0.5) is 0 Å². The summed E-state index contributed by atoms with van der Waals surface area (Å²) in [6.45, 7) is 10.7. The highest BCUT2D eigenvalue weighted by Crippen LogP contribution is 2.45. The number of benzene rings is 1. The van der Waals surface area contributed by atoms with Crippen molar-refractivity contribution >= 4 is 45.7 Å². The Balaban J connectivity index is 2.56. The molecule has 2 rings (SSSR count). The minimum absolute atomic E-state index is 0.0425. The van der Waals surface area contributed by atoms with Crippen LogP contribution in [0.1, 0.15) is 43.6 Å². The van der Waals surface area contributed by atoms with E-state index < -0.39 is 30.6 Å². The van der Waals surface area contributed by atoms with Gasteiger partial charge in [0.25, 0.3) is 10.1 Å². The molecule has 0 amide bonds. The summed E-state index contributed by atoms with van der Waals surface area (Å²) >= 11 is 4.68. The summed E-state index contributed by atoms with van der Waals surface area (Å²) < 4.78 is 36.8. The van der Waals surface area contributed by atoms with Gasteiger partial charge in [0.05, 0.1) is 6.26 Å². The second-order valence-corrected chi connectivity index (χ2v) is 16.0. The summed E-state index contributed by atoms with van der Waals surface area (Å²) in [7, 11) is -5.94. The van der Waals surface area contributed by atoms with Crippen LogP contribution >= 0.6 is 27.3 Å². The molecule has 150 valence electrons. The molecule has 1 aromatic heterocycles. The molecule has 0 aliphatic carbocycles. The maximum Gasteiger partial charge on any atom is 0.265 e. The van der Waals surface area contributed by atoms with Gasteiger partial charge in [-0.1, -0.05) is 51.1 Å². The second kappa shape index (κ2) is 8.42. The lowest BCUT2D eigenvalue weighted by molar-refractivity contribution is 0.0472. The zero-order valence-corrected chi connectivity index (χ0v) is 20.6. The molecule has 0 fully saturated rings. The first kappa shape index (κ1) is 22.7. The third-order valence-electron chi connectivity index (χ3n) is 4.65. The van der Waals surface area contributed by atoms with E-state index in [1.807, 2.05) is 35.7 Å². The molecular formula is C18H26BrNO4S2Si. The van der Waals surface area contributed by atoms with Crippen molar-refractivity contribution in [1.29, 1.82) is 0 Å². The summed E-state index contributed by atoms with van der Waals surface area (Å²) in [6.07, 6.45) is -0.385. The van der Waals surface area contributed by atoms with Crippen LogP contribution in [0.2, 0.25) is 18.1 Å². The SMILES string of the molecule is CC(C)(C)[Si](C)(C)O[C@@H](c1ccccc1)[C@@H](OS(C)(=O)=O)c1nc(Br)cs1. The van der Waals surface area contributed by atoms with E-state index >= 15 is 0 Å². The average molecular weight is 493 g/mol. The molecule has 1 aromatic carbocycles. The lowest BCUT2D eigenvalue weighted by Gasteiger charge is -2.41. The van der Waals surface area contributed by atoms with E-state index in [0.717, 1.165) is 11.8 Å². The van der Waals surface area contributed by atoms with E-state index in [0.29, 0.717) is 9.61 Å². The number of nitrogens with zero attached hydrogens (tertiary/aromatic N) is 1. The second-order valence-electron chi connectivity index (χ2n) is 7.94. The van der Waals surface area contributed by atoms with E-state index in [9.17, 15) is 8.42 Å². The van der Waals surface area contributed by atoms with Crippen molar-refractivity contribution in [3.8, 4) is 0 Å². The van der Waals surface area contributed by atoms with Gasteiger partial charge in [-0.3, -0.25) is 4.18 Å². The fraction of sp³-hybridized carbons (Fsp3) is 0.500. The number of hydrogen-bond acceptors (Lipinski definition) is 6. The monoisotopic (exact) mass is 491 g/mol. The number of aromatic nitrogens is 1. The van der Waals surface area contributed by atoms with Crippen LogP contribution in [-0.2, 0) is 18.7 Å². The molecule has 0 bridgehead atoms. The minimum atomic E-state index is -3.72. The Morgan fingerprint density at radius 3 is 2.19 bits per heavy atom. The van der Waals surface area contributed by atoms with Gasteiger partial charge in [-0.15, -0.1) is 11.3 Å². The van der Waals surface area contributed by atoms with E-state index in [2.05, 4.69) is 54.8 Å². The zero-order valence-electron chi connectivity index (χ0n) is 16.4. The fourth-order valence-corrected chi connectivity index (χ4v) is 5.44. The van der Waals surface area contributed by atoms with Crippen LogP contribution in [0.25, 0.3) is 0 Å². The van der Waals surface area contributed by atoms with E-state index in [4.69, 9.17) is 8.61 Å². The van der Waals surface area contributed by atoms with Crippen LogP contribution in [0.3, 0.4) is 0 Å². The lowest BCUT2D eigenvalue weighted by Crippen LogP contribution is -2.43. The fourth-order valence-electron chi connectivity index (χ4n) is 2.25. The van der Waals surface area contributed by atoms with Crippen LogP contribution in [0.5, 0.6) is 0 Å². The summed E-state index contributed by atoms with van der Waals surface area (Å²) in [5.41, 5.74) is 0.863. The van der Waals surface area contributed by atoms with E-state index in [1.54, 1.807) is 0 Å². The first-order chi connectivity index (χ1) is 12.3. The maximum absolute atomic E-state index is 12.0. The first-order valence-corrected chi connectivity index (χ1v) is 14.9. The third kappa shape index (κ3) is 6.20. The van der Waals surface area contributed by atoms with Gasteiger partial charge in [0.15, 0.2) is 14.4 Å². The molecule has 0 N–H and O–H groups in total. The molecule has 0 saturated heterocycles. The minimum Gasteiger partial charge on any atom is -0.407 e. The van der Waals surface area contributed by atoms with Gasteiger partial charge in [-0.25, -0.2) is 4.98 Å². The van der Waals surface area contributed by atoms with Crippen molar-refractivity contribution in [2.75, 3.05) is 6.26 Å². The van der Waals surface area contributed by atoms with E-state index in [-0.39, 0.29) is 5.04 Å². The Labute approximate surface area is 175 Å². The van der Waals surface area contributed by atoms with Gasteiger partial charge in [0.1, 0.15) is 15.7 Å². The summed E-state index contributed by atoms with van der Waals surface area (Å²) in [6, 6.07) is 9.59. The van der Waals surface area contributed by atoms with Crippen LogP contribution in [-0.4, -0.2) is 28.0 Å². The third-order valence-corrected chi connectivity index (χ3v) is 11.3. The topological polar surface area (TPSA) is 65.5 Å². The lowest BCUT2D eigenvalue weighted by atomic mass is 10.1. The van der Waals surface area contributed by atoms with Gasteiger partial charge in [-0.2, -0.15) is 8.42 Å². The standard InChI is InChI=1S/C18H26BrNO4S2Si/c1-18(2,3)27(5,6)24-15(13-10-8-7-9-11-13)16(23-26(4,21)22)17-20-14(19)12-25-17/h7-12,15-16H,1-6H3/t15-,16+/m0/s1. The molecule has 0 unspecified atom stereocenters. The van der Waals surface area contributed by atoms with Crippen LogP contribution < -0.4 is 0 Å². The smallest absolute Gasteiger partial charge is 0.265 e. The Kier molecular flexibility index (Phi) is 7.08. The Morgan fingerprint density at radius 1 is 1.15 bits per heavy atom. The van der Waals surface area contributed by atoms with Gasteiger partial charge in [-0.05, 0) is 39.6 Å². The molecule has 2 aromatic rings. The molecule has 0 aliphatic rings.